The number of unbranched alkanes of at least 4 members (excludes halogenated alkanes) is 2. The van der Waals surface area contributed by atoms with Gasteiger partial charge in [-0.25, -0.2) is 0 Å². The quantitative estimate of drug-likeness (QED) is 0.302. The largest absolute Gasteiger partial charge is 0.378 e. The van der Waals surface area contributed by atoms with Crippen LogP contribution >= 0.6 is 0 Å². The molecule has 2 aliphatic rings. The van der Waals surface area contributed by atoms with Crippen molar-refractivity contribution in [1.29, 1.82) is 0 Å². The maximum absolute atomic E-state index is 5.87. The summed E-state index contributed by atoms with van der Waals surface area (Å²) in [7, 11) is 0. The Hall–Kier alpha value is -1.00. The third-order valence-electron chi connectivity index (χ3n) is 6.37. The minimum absolute atomic E-state index is 0.505. The van der Waals surface area contributed by atoms with Gasteiger partial charge in [0.15, 0.2) is 0 Å². The molecule has 2 rings (SSSR count). The van der Waals surface area contributed by atoms with Crippen molar-refractivity contribution in [2.24, 2.45) is 17.8 Å². The molecule has 0 bridgehead atoms. The van der Waals surface area contributed by atoms with Crippen LogP contribution in [0.2, 0.25) is 0 Å². The highest BCUT2D eigenvalue weighted by molar-refractivity contribution is 5.24. The first-order valence-corrected chi connectivity index (χ1v) is 11.8. The Balaban J connectivity index is 1.57. The molecule has 0 atom stereocenters. The van der Waals surface area contributed by atoms with E-state index in [0.29, 0.717) is 12.0 Å². The molecule has 0 aromatic heterocycles. The van der Waals surface area contributed by atoms with Crippen molar-refractivity contribution >= 4 is 0 Å². The standard InChI is InChI=1S/C26H42O/c1-3-5-8-11-23-14-16-24(17-15-23)12-9-6-7-10-13-25-18-20-26(21-19-25)27-22-4-2/h9-10,12-13,23-26H,3-5,8,11,14-22H2,1-2H3/b12-9+,13-10+/t23-,24-,25-,26-. The van der Waals surface area contributed by atoms with Gasteiger partial charge in [0.25, 0.3) is 0 Å². The second-order valence-electron chi connectivity index (χ2n) is 8.69. The van der Waals surface area contributed by atoms with Gasteiger partial charge in [-0.1, -0.05) is 63.5 Å². The molecule has 1 nitrogen and oxygen atoms in total. The molecule has 1 heteroatoms. The lowest BCUT2D eigenvalue weighted by Gasteiger charge is -2.26. The van der Waals surface area contributed by atoms with Crippen LogP contribution in [-0.2, 0) is 4.74 Å². The summed E-state index contributed by atoms with van der Waals surface area (Å²) in [5, 5.41) is 0. The average Bonchev–Trinajstić information content (AvgIpc) is 2.71. The third kappa shape index (κ3) is 9.66. The molecule has 0 aromatic rings. The minimum atomic E-state index is 0.505. The van der Waals surface area contributed by atoms with E-state index in [1.807, 2.05) is 0 Å². The fourth-order valence-corrected chi connectivity index (χ4v) is 4.55. The van der Waals surface area contributed by atoms with E-state index in [0.717, 1.165) is 24.9 Å². The first-order chi connectivity index (χ1) is 13.3. The van der Waals surface area contributed by atoms with Crippen LogP contribution < -0.4 is 0 Å². The summed E-state index contributed by atoms with van der Waals surface area (Å²) >= 11 is 0. The normalized spacial score (nSPS) is 29.1. The van der Waals surface area contributed by atoms with E-state index in [4.69, 9.17) is 4.74 Å². The average molecular weight is 371 g/mol. The third-order valence-corrected chi connectivity index (χ3v) is 6.37. The summed E-state index contributed by atoms with van der Waals surface area (Å²) in [4.78, 5) is 0. The number of rotatable bonds is 9. The van der Waals surface area contributed by atoms with E-state index >= 15 is 0 Å². The van der Waals surface area contributed by atoms with Gasteiger partial charge in [-0.3, -0.25) is 0 Å². The van der Waals surface area contributed by atoms with E-state index in [1.165, 1.54) is 77.0 Å². The zero-order chi connectivity index (χ0) is 19.2. The maximum Gasteiger partial charge on any atom is 0.0575 e. The van der Waals surface area contributed by atoms with Gasteiger partial charge in [-0.15, -0.1) is 0 Å². The number of hydrogen-bond donors (Lipinski definition) is 0. The monoisotopic (exact) mass is 370 g/mol. The number of hydrogen-bond acceptors (Lipinski definition) is 1. The van der Waals surface area contributed by atoms with Crippen LogP contribution in [0.25, 0.3) is 0 Å². The predicted molar refractivity (Wildman–Crippen MR) is 118 cm³/mol. The van der Waals surface area contributed by atoms with Crippen molar-refractivity contribution in [3.63, 3.8) is 0 Å². The van der Waals surface area contributed by atoms with E-state index in [9.17, 15) is 0 Å². The Bertz CT molecular complexity index is 476. The Labute approximate surface area is 169 Å². The first-order valence-electron chi connectivity index (χ1n) is 11.8. The van der Waals surface area contributed by atoms with Crippen LogP contribution in [0.3, 0.4) is 0 Å². The van der Waals surface area contributed by atoms with E-state index < -0.39 is 0 Å². The zero-order valence-electron chi connectivity index (χ0n) is 17.9. The molecule has 0 saturated heterocycles. The van der Waals surface area contributed by atoms with Crippen molar-refractivity contribution in [3.8, 4) is 11.8 Å². The molecule has 0 aliphatic heterocycles. The lowest BCUT2D eigenvalue weighted by molar-refractivity contribution is 0.0227. The highest BCUT2D eigenvalue weighted by Gasteiger charge is 2.20. The van der Waals surface area contributed by atoms with Crippen molar-refractivity contribution in [3.05, 3.63) is 24.3 Å². The van der Waals surface area contributed by atoms with Gasteiger partial charge in [0, 0.05) is 6.61 Å². The smallest absolute Gasteiger partial charge is 0.0575 e. The molecular weight excluding hydrogens is 328 g/mol. The number of ether oxygens (including phenoxy) is 1. The molecule has 2 fully saturated rings. The van der Waals surface area contributed by atoms with Crippen LogP contribution in [0, 0.1) is 29.6 Å². The predicted octanol–water partition coefficient (Wildman–Crippen LogP) is 7.47. The summed E-state index contributed by atoms with van der Waals surface area (Å²) in [5.41, 5.74) is 0. The van der Waals surface area contributed by atoms with Crippen LogP contribution in [0.5, 0.6) is 0 Å². The van der Waals surface area contributed by atoms with Crippen molar-refractivity contribution in [1.82, 2.24) is 0 Å². The van der Waals surface area contributed by atoms with Gasteiger partial charge in [0.05, 0.1) is 6.10 Å². The van der Waals surface area contributed by atoms with E-state index in [2.05, 4.69) is 50.0 Å². The SMILES string of the molecule is CCCCC[C@H]1CC[C@H](/C=C/C#C/C=C/[C@H]2CC[C@H](OCCC)CC2)CC1. The highest BCUT2D eigenvalue weighted by Crippen LogP contribution is 2.32. The van der Waals surface area contributed by atoms with E-state index in [1.54, 1.807) is 0 Å². The van der Waals surface area contributed by atoms with Crippen LogP contribution in [0.4, 0.5) is 0 Å². The molecule has 0 amide bonds. The van der Waals surface area contributed by atoms with Gasteiger partial charge in [-0.05, 0) is 87.7 Å². The maximum atomic E-state index is 5.87. The molecule has 0 unspecified atom stereocenters. The van der Waals surface area contributed by atoms with Crippen molar-refractivity contribution < 1.29 is 4.74 Å². The topological polar surface area (TPSA) is 9.23 Å². The first kappa shape index (κ1) is 22.3. The lowest BCUT2D eigenvalue weighted by atomic mass is 9.79. The van der Waals surface area contributed by atoms with Gasteiger partial charge in [-0.2, -0.15) is 0 Å². The molecular formula is C26H42O. The zero-order valence-corrected chi connectivity index (χ0v) is 17.9. The highest BCUT2D eigenvalue weighted by atomic mass is 16.5. The summed E-state index contributed by atoms with van der Waals surface area (Å²) in [6.45, 7) is 5.40. The Morgan fingerprint density at radius 3 is 1.89 bits per heavy atom. The summed E-state index contributed by atoms with van der Waals surface area (Å²) in [6, 6.07) is 0. The van der Waals surface area contributed by atoms with Gasteiger partial charge >= 0.3 is 0 Å². The lowest BCUT2D eigenvalue weighted by Crippen LogP contribution is -2.21. The molecule has 152 valence electrons. The molecule has 2 aliphatic carbocycles. The fraction of sp³-hybridized carbons (Fsp3) is 0.769. The van der Waals surface area contributed by atoms with Gasteiger partial charge in [0.1, 0.15) is 0 Å². The number of allylic oxidation sites excluding steroid dienone is 4. The Morgan fingerprint density at radius 1 is 0.741 bits per heavy atom. The van der Waals surface area contributed by atoms with Crippen LogP contribution in [0.15, 0.2) is 24.3 Å². The Kier molecular flexibility index (Phi) is 11.6. The summed E-state index contributed by atoms with van der Waals surface area (Å²) in [6.07, 6.45) is 26.7. The van der Waals surface area contributed by atoms with Gasteiger partial charge < -0.3 is 4.74 Å². The fourth-order valence-electron chi connectivity index (χ4n) is 4.55. The summed E-state index contributed by atoms with van der Waals surface area (Å²) in [5.74, 6) is 8.90. The van der Waals surface area contributed by atoms with Crippen molar-refractivity contribution in [2.45, 2.75) is 103 Å². The second-order valence-corrected chi connectivity index (χ2v) is 8.69. The van der Waals surface area contributed by atoms with Gasteiger partial charge in [0.2, 0.25) is 0 Å². The minimum Gasteiger partial charge on any atom is -0.378 e. The second kappa shape index (κ2) is 14.1. The molecule has 0 heterocycles. The Morgan fingerprint density at radius 2 is 1.33 bits per heavy atom. The molecule has 0 spiro atoms. The molecule has 0 N–H and O–H groups in total. The molecule has 27 heavy (non-hydrogen) atoms. The molecule has 0 aromatic carbocycles. The van der Waals surface area contributed by atoms with Crippen LogP contribution in [-0.4, -0.2) is 12.7 Å². The molecule has 2 saturated carbocycles. The molecule has 0 radical (unpaired) electrons. The van der Waals surface area contributed by atoms with E-state index in [-0.39, 0.29) is 0 Å². The van der Waals surface area contributed by atoms with Crippen molar-refractivity contribution in [2.75, 3.05) is 6.61 Å². The van der Waals surface area contributed by atoms with Crippen LogP contribution in [0.1, 0.15) is 97.3 Å². The summed E-state index contributed by atoms with van der Waals surface area (Å²) < 4.78 is 5.87.